The zero-order valence-electron chi connectivity index (χ0n) is 11.1. The maximum atomic E-state index is 12.9. The summed E-state index contributed by atoms with van der Waals surface area (Å²) >= 11 is 0. The zero-order valence-corrected chi connectivity index (χ0v) is 11.1. The van der Waals surface area contributed by atoms with Crippen molar-refractivity contribution in [1.82, 2.24) is 10.6 Å². The van der Waals surface area contributed by atoms with E-state index in [0.717, 1.165) is 0 Å². The number of hydrogen-bond donors (Lipinski definition) is 3. The molecule has 2 unspecified atom stereocenters. The first kappa shape index (κ1) is 15.7. The molecule has 1 rings (SSSR count). The maximum absolute atomic E-state index is 12.9. The summed E-state index contributed by atoms with van der Waals surface area (Å²) in [5.74, 6) is -4.02. The summed E-state index contributed by atoms with van der Waals surface area (Å²) < 4.78 is 25.9. The molecule has 0 aromatic rings. The van der Waals surface area contributed by atoms with Crippen molar-refractivity contribution in [3.63, 3.8) is 0 Å². The number of halogens is 2. The number of rotatable bonds is 5. The van der Waals surface area contributed by atoms with Crippen LogP contribution in [0.1, 0.15) is 39.5 Å². The van der Waals surface area contributed by atoms with Crippen LogP contribution in [0, 0.1) is 5.92 Å². The van der Waals surface area contributed by atoms with Crippen molar-refractivity contribution in [2.45, 2.75) is 51.0 Å². The second kappa shape index (κ2) is 5.71. The molecule has 1 aliphatic carbocycles. The first-order chi connectivity index (χ1) is 8.68. The van der Waals surface area contributed by atoms with Crippen LogP contribution in [0.15, 0.2) is 0 Å². The van der Waals surface area contributed by atoms with E-state index in [0.29, 0.717) is 6.42 Å². The van der Waals surface area contributed by atoms with Gasteiger partial charge in [0.2, 0.25) is 5.92 Å². The molecule has 0 aromatic heterocycles. The molecule has 0 spiro atoms. The average molecular weight is 278 g/mol. The van der Waals surface area contributed by atoms with Crippen LogP contribution in [0.5, 0.6) is 0 Å². The average Bonchev–Trinajstić information content (AvgIpc) is 2.66. The van der Waals surface area contributed by atoms with E-state index in [9.17, 15) is 18.4 Å². The molecule has 7 heteroatoms. The number of carbonyl (C=O) groups excluding carboxylic acids is 1. The molecule has 0 radical (unpaired) electrons. The third-order valence-corrected chi connectivity index (χ3v) is 3.63. The van der Waals surface area contributed by atoms with E-state index in [1.807, 2.05) is 0 Å². The first-order valence-corrected chi connectivity index (χ1v) is 6.36. The predicted molar refractivity (Wildman–Crippen MR) is 65.2 cm³/mol. The molecule has 3 N–H and O–H groups in total. The third kappa shape index (κ3) is 4.33. The van der Waals surface area contributed by atoms with E-state index in [1.54, 1.807) is 6.92 Å². The van der Waals surface area contributed by atoms with Gasteiger partial charge in [-0.05, 0) is 25.7 Å². The van der Waals surface area contributed by atoms with E-state index in [1.165, 1.54) is 6.92 Å². The Bertz CT molecular complexity index is 363. The van der Waals surface area contributed by atoms with Gasteiger partial charge < -0.3 is 15.7 Å². The zero-order chi connectivity index (χ0) is 14.7. The summed E-state index contributed by atoms with van der Waals surface area (Å²) in [7, 11) is 0. The van der Waals surface area contributed by atoms with Crippen LogP contribution in [0.2, 0.25) is 0 Å². The highest BCUT2D eigenvalue weighted by atomic mass is 19.3. The topological polar surface area (TPSA) is 78.4 Å². The number of nitrogens with one attached hydrogen (secondary N) is 2. The van der Waals surface area contributed by atoms with E-state index in [4.69, 9.17) is 5.11 Å². The molecular formula is C12H20F2N2O3. The summed E-state index contributed by atoms with van der Waals surface area (Å²) in [5.41, 5.74) is -1.34. The monoisotopic (exact) mass is 278 g/mol. The van der Waals surface area contributed by atoms with Gasteiger partial charge in [-0.1, -0.05) is 6.92 Å². The van der Waals surface area contributed by atoms with Crippen LogP contribution in [0.25, 0.3) is 0 Å². The molecule has 0 aromatic carbocycles. The standard InChI is InChI=1S/C12H20F2N2O3/c1-3-11(2,9(17)18)16-10(19)15-7-8-4-5-12(13,14)6-8/h8H,3-7H2,1-2H3,(H,17,18)(H2,15,16,19). The van der Waals surface area contributed by atoms with Crippen molar-refractivity contribution in [3.05, 3.63) is 0 Å². The number of aliphatic carboxylic acids is 1. The Hall–Kier alpha value is -1.40. The minimum Gasteiger partial charge on any atom is -0.480 e. The van der Waals surface area contributed by atoms with E-state index in [2.05, 4.69) is 10.6 Å². The van der Waals surface area contributed by atoms with E-state index < -0.39 is 23.5 Å². The molecule has 1 saturated carbocycles. The molecule has 2 amide bonds. The second-order valence-corrected chi connectivity index (χ2v) is 5.29. The van der Waals surface area contributed by atoms with Gasteiger partial charge >= 0.3 is 12.0 Å². The van der Waals surface area contributed by atoms with Gasteiger partial charge in [0, 0.05) is 19.4 Å². The molecule has 0 bridgehead atoms. The molecule has 1 aliphatic rings. The highest BCUT2D eigenvalue weighted by Crippen LogP contribution is 2.38. The Kier molecular flexibility index (Phi) is 4.70. The Morgan fingerprint density at radius 2 is 2.11 bits per heavy atom. The molecule has 5 nitrogen and oxygen atoms in total. The number of alkyl halides is 2. The molecular weight excluding hydrogens is 258 g/mol. The first-order valence-electron chi connectivity index (χ1n) is 6.36. The van der Waals surface area contributed by atoms with Gasteiger partial charge in [-0.2, -0.15) is 0 Å². The van der Waals surface area contributed by atoms with Gasteiger partial charge in [0.1, 0.15) is 5.54 Å². The predicted octanol–water partition coefficient (Wildman–Crippen LogP) is 1.97. The van der Waals surface area contributed by atoms with E-state index in [-0.39, 0.29) is 31.7 Å². The Labute approximate surface area is 110 Å². The van der Waals surface area contributed by atoms with Gasteiger partial charge in [-0.3, -0.25) is 0 Å². The highest BCUT2D eigenvalue weighted by molar-refractivity contribution is 5.85. The number of hydrogen-bond acceptors (Lipinski definition) is 2. The van der Waals surface area contributed by atoms with Crippen LogP contribution in [-0.2, 0) is 4.79 Å². The maximum Gasteiger partial charge on any atom is 0.329 e. The lowest BCUT2D eigenvalue weighted by Crippen LogP contribution is -2.55. The van der Waals surface area contributed by atoms with Crippen LogP contribution < -0.4 is 10.6 Å². The molecule has 19 heavy (non-hydrogen) atoms. The lowest BCUT2D eigenvalue weighted by atomic mass is 10.00. The number of amides is 2. The Balaban J connectivity index is 2.38. The van der Waals surface area contributed by atoms with Gasteiger partial charge in [-0.25, -0.2) is 18.4 Å². The lowest BCUT2D eigenvalue weighted by molar-refractivity contribution is -0.143. The van der Waals surface area contributed by atoms with Crippen molar-refractivity contribution < 1.29 is 23.5 Å². The summed E-state index contributed by atoms with van der Waals surface area (Å²) in [6, 6.07) is -0.637. The third-order valence-electron chi connectivity index (χ3n) is 3.63. The van der Waals surface area contributed by atoms with Gasteiger partial charge in [-0.15, -0.1) is 0 Å². The van der Waals surface area contributed by atoms with Crippen molar-refractivity contribution >= 4 is 12.0 Å². The second-order valence-electron chi connectivity index (χ2n) is 5.29. The SMILES string of the molecule is CCC(C)(NC(=O)NCC1CCC(F)(F)C1)C(=O)O. The van der Waals surface area contributed by atoms with Crippen molar-refractivity contribution in [2.75, 3.05) is 6.54 Å². The minimum absolute atomic E-state index is 0.140. The molecule has 1 fully saturated rings. The minimum atomic E-state index is -2.64. The highest BCUT2D eigenvalue weighted by Gasteiger charge is 2.39. The lowest BCUT2D eigenvalue weighted by Gasteiger charge is -2.25. The van der Waals surface area contributed by atoms with Gasteiger partial charge in [0.25, 0.3) is 0 Å². The van der Waals surface area contributed by atoms with Gasteiger partial charge in [0.15, 0.2) is 0 Å². The van der Waals surface area contributed by atoms with Crippen LogP contribution in [0.3, 0.4) is 0 Å². The Morgan fingerprint density at radius 1 is 1.47 bits per heavy atom. The molecule has 110 valence electrons. The molecule has 2 atom stereocenters. The number of carboxylic acids is 1. The molecule has 0 heterocycles. The molecule has 0 saturated heterocycles. The fraction of sp³-hybridized carbons (Fsp3) is 0.833. The van der Waals surface area contributed by atoms with Crippen molar-refractivity contribution in [3.8, 4) is 0 Å². The van der Waals surface area contributed by atoms with Crippen molar-refractivity contribution in [1.29, 1.82) is 0 Å². The van der Waals surface area contributed by atoms with Gasteiger partial charge in [0.05, 0.1) is 0 Å². The summed E-state index contributed by atoms with van der Waals surface area (Å²) in [4.78, 5) is 22.6. The number of carbonyl (C=O) groups is 2. The summed E-state index contributed by atoms with van der Waals surface area (Å²) in [5, 5.41) is 13.8. The van der Waals surface area contributed by atoms with Crippen LogP contribution in [0.4, 0.5) is 13.6 Å². The van der Waals surface area contributed by atoms with Crippen LogP contribution >= 0.6 is 0 Å². The largest absolute Gasteiger partial charge is 0.480 e. The van der Waals surface area contributed by atoms with Crippen LogP contribution in [-0.4, -0.2) is 35.1 Å². The quantitative estimate of drug-likeness (QED) is 0.719. The number of urea groups is 1. The Morgan fingerprint density at radius 3 is 2.53 bits per heavy atom. The fourth-order valence-corrected chi connectivity index (χ4v) is 2.04. The number of carboxylic acid groups (broad SMARTS) is 1. The smallest absolute Gasteiger partial charge is 0.329 e. The van der Waals surface area contributed by atoms with E-state index >= 15 is 0 Å². The normalized spacial score (nSPS) is 24.5. The summed E-state index contributed by atoms with van der Waals surface area (Å²) in [6.45, 7) is 3.19. The molecule has 0 aliphatic heterocycles. The summed E-state index contributed by atoms with van der Waals surface area (Å²) in [6.07, 6.45) is 0.231. The fourth-order valence-electron chi connectivity index (χ4n) is 2.04. The van der Waals surface area contributed by atoms with Crippen molar-refractivity contribution in [2.24, 2.45) is 5.92 Å².